The first-order valence-corrected chi connectivity index (χ1v) is 19.6. The summed E-state index contributed by atoms with van der Waals surface area (Å²) in [6.07, 6.45) is 2.71. The van der Waals surface area contributed by atoms with Crippen molar-refractivity contribution in [3.8, 4) is 0 Å². The van der Waals surface area contributed by atoms with Crippen molar-refractivity contribution in [2.24, 2.45) is 11.8 Å². The van der Waals surface area contributed by atoms with E-state index in [1.54, 1.807) is 6.92 Å². The van der Waals surface area contributed by atoms with E-state index in [1.807, 2.05) is 88.4 Å². The van der Waals surface area contributed by atoms with Crippen molar-refractivity contribution in [3.63, 3.8) is 0 Å². The van der Waals surface area contributed by atoms with Gasteiger partial charge in [0.25, 0.3) is 0 Å². The molecule has 0 bridgehead atoms. The van der Waals surface area contributed by atoms with Gasteiger partial charge >= 0.3 is 0 Å². The van der Waals surface area contributed by atoms with Crippen LogP contribution in [0.4, 0.5) is 0 Å². The van der Waals surface area contributed by atoms with Gasteiger partial charge in [0.15, 0.2) is 5.78 Å². The summed E-state index contributed by atoms with van der Waals surface area (Å²) in [6, 6.07) is 15.4. The number of Topliss-reactive ketones (excluding diaryl/α,β-unsaturated/α-hetero) is 1. The van der Waals surface area contributed by atoms with Crippen LogP contribution in [0, 0.1) is 11.8 Å². The number of carbonyl (C=O) groups excluding carboxylic acids is 5. The number of carbonyl (C=O) groups is 5. The molecule has 4 amide bonds. The minimum atomic E-state index is -1.03. The molecule has 5 atom stereocenters. The standard InChI is InChI=1S/C42H61N5O7/c1-29(2)25-34(38(49)42(5)28-54-42)44-41(52)36(27-32-15-10-7-11-16-32)46-40(51)35(26-30(3)4)45-39(50)33(19-18-31-13-8-6-9-14-31)43-37(48)17-12-20-47-21-23-53-24-22-47/h6-11,13-16,29-30,33-36H,12,17-28H2,1-5H3,(H,43,48)(H,44,52)(H,45,50)(H,46,51)/t33?,34?,35?,36-,42+/m0/s1. The summed E-state index contributed by atoms with van der Waals surface area (Å²) < 4.78 is 10.8. The predicted molar refractivity (Wildman–Crippen MR) is 207 cm³/mol. The normalized spacial score (nSPS) is 19.3. The van der Waals surface area contributed by atoms with Gasteiger partial charge in [-0.2, -0.15) is 0 Å². The van der Waals surface area contributed by atoms with Crippen LogP contribution in [0.5, 0.6) is 0 Å². The van der Waals surface area contributed by atoms with Crippen LogP contribution < -0.4 is 21.3 Å². The number of amides is 4. The highest BCUT2D eigenvalue weighted by Crippen LogP contribution is 2.29. The maximum Gasteiger partial charge on any atom is 0.243 e. The summed E-state index contributed by atoms with van der Waals surface area (Å²) in [6.45, 7) is 13.7. The smallest absolute Gasteiger partial charge is 0.243 e. The molecule has 0 radical (unpaired) electrons. The molecule has 2 aliphatic heterocycles. The molecule has 4 N–H and O–H groups in total. The molecule has 2 aliphatic rings. The third-order valence-electron chi connectivity index (χ3n) is 9.89. The number of ether oxygens (including phenoxy) is 2. The van der Waals surface area contributed by atoms with E-state index in [4.69, 9.17) is 9.47 Å². The first-order chi connectivity index (χ1) is 25.8. The Labute approximate surface area is 320 Å². The van der Waals surface area contributed by atoms with Crippen molar-refractivity contribution in [2.45, 2.75) is 109 Å². The van der Waals surface area contributed by atoms with Gasteiger partial charge in [-0.25, -0.2) is 0 Å². The van der Waals surface area contributed by atoms with Crippen molar-refractivity contribution in [1.29, 1.82) is 0 Å². The van der Waals surface area contributed by atoms with Gasteiger partial charge in [-0.1, -0.05) is 88.4 Å². The number of rotatable bonds is 22. The molecule has 2 saturated heterocycles. The van der Waals surface area contributed by atoms with Crippen molar-refractivity contribution in [3.05, 3.63) is 71.8 Å². The van der Waals surface area contributed by atoms with Gasteiger partial charge in [-0.05, 0) is 68.5 Å². The quantitative estimate of drug-likeness (QED) is 0.134. The summed E-state index contributed by atoms with van der Waals surface area (Å²) in [5.41, 5.74) is 0.927. The lowest BCUT2D eigenvalue weighted by Gasteiger charge is -2.28. The van der Waals surface area contributed by atoms with Crippen LogP contribution >= 0.6 is 0 Å². The summed E-state index contributed by atoms with van der Waals surface area (Å²) in [5.74, 6) is -1.74. The molecule has 2 fully saturated rings. The fraction of sp³-hybridized carbons (Fsp3) is 0.595. The van der Waals surface area contributed by atoms with Gasteiger partial charge in [0, 0.05) is 25.9 Å². The van der Waals surface area contributed by atoms with Gasteiger partial charge in [-0.3, -0.25) is 28.9 Å². The van der Waals surface area contributed by atoms with Crippen LogP contribution in [-0.2, 0) is 46.3 Å². The predicted octanol–water partition coefficient (Wildman–Crippen LogP) is 3.36. The maximum absolute atomic E-state index is 14.1. The molecule has 3 unspecified atom stereocenters. The molecule has 12 nitrogen and oxygen atoms in total. The van der Waals surface area contributed by atoms with Gasteiger partial charge in [0.1, 0.15) is 23.7 Å². The molecule has 0 aliphatic carbocycles. The van der Waals surface area contributed by atoms with Gasteiger partial charge in [0.05, 0.1) is 25.9 Å². The van der Waals surface area contributed by atoms with Gasteiger partial charge < -0.3 is 30.7 Å². The van der Waals surface area contributed by atoms with Crippen LogP contribution in [0.15, 0.2) is 60.7 Å². The lowest BCUT2D eigenvalue weighted by Crippen LogP contribution is -2.59. The third kappa shape index (κ3) is 14.3. The Kier molecular flexibility index (Phi) is 16.6. The van der Waals surface area contributed by atoms with E-state index in [-0.39, 0.29) is 36.4 Å². The van der Waals surface area contributed by atoms with Crippen LogP contribution in [0.3, 0.4) is 0 Å². The third-order valence-corrected chi connectivity index (χ3v) is 9.89. The second-order valence-electron chi connectivity index (χ2n) is 15.7. The minimum Gasteiger partial charge on any atom is -0.379 e. The number of benzene rings is 2. The number of epoxide rings is 1. The fourth-order valence-electron chi connectivity index (χ4n) is 6.68. The first kappa shape index (κ1) is 42.6. The molecule has 54 heavy (non-hydrogen) atoms. The number of hydrogen-bond acceptors (Lipinski definition) is 8. The van der Waals surface area contributed by atoms with Crippen molar-refractivity contribution < 1.29 is 33.4 Å². The Morgan fingerprint density at radius 2 is 1.22 bits per heavy atom. The fourth-order valence-corrected chi connectivity index (χ4v) is 6.68. The highest BCUT2D eigenvalue weighted by Gasteiger charge is 2.50. The van der Waals surface area contributed by atoms with Crippen LogP contribution in [0.25, 0.3) is 0 Å². The highest BCUT2D eigenvalue weighted by atomic mass is 16.6. The van der Waals surface area contributed by atoms with Crippen LogP contribution in [0.1, 0.15) is 77.8 Å². The number of aryl methyl sites for hydroxylation is 1. The Morgan fingerprint density at radius 3 is 1.81 bits per heavy atom. The van der Waals surface area contributed by atoms with Crippen LogP contribution in [0.2, 0.25) is 0 Å². The molecular weight excluding hydrogens is 686 g/mol. The largest absolute Gasteiger partial charge is 0.379 e. The minimum absolute atomic E-state index is 0.0207. The van der Waals surface area contributed by atoms with E-state index >= 15 is 0 Å². The Bertz CT molecular complexity index is 1510. The number of hydrogen-bond donors (Lipinski definition) is 4. The SMILES string of the molecule is CC(C)CC(NC(=O)C(CCc1ccccc1)NC(=O)CCCN1CCOCC1)C(=O)N[C@@H](Cc1ccccc1)C(=O)NC(CC(C)C)C(=O)[C@@]1(C)CO1. The second kappa shape index (κ2) is 21.1. The van der Waals surface area contributed by atoms with Gasteiger partial charge in [0.2, 0.25) is 23.6 Å². The zero-order valence-corrected chi connectivity index (χ0v) is 32.7. The molecule has 0 spiro atoms. The average molecular weight is 748 g/mol. The van der Waals surface area contributed by atoms with E-state index < -0.39 is 47.5 Å². The number of nitrogens with zero attached hydrogens (tertiary/aromatic N) is 1. The summed E-state index contributed by atoms with van der Waals surface area (Å²) in [4.78, 5) is 70.9. The zero-order valence-electron chi connectivity index (χ0n) is 32.7. The maximum atomic E-state index is 14.1. The van der Waals surface area contributed by atoms with E-state index in [0.717, 1.165) is 30.8 Å². The van der Waals surface area contributed by atoms with E-state index in [1.165, 1.54) is 0 Å². The number of nitrogens with one attached hydrogen (secondary N) is 4. The molecule has 2 aromatic rings. The number of ketones is 1. The van der Waals surface area contributed by atoms with E-state index in [2.05, 4.69) is 26.2 Å². The topological polar surface area (TPSA) is 158 Å². The Morgan fingerprint density at radius 1 is 0.704 bits per heavy atom. The summed E-state index contributed by atoms with van der Waals surface area (Å²) >= 11 is 0. The van der Waals surface area contributed by atoms with Crippen molar-refractivity contribution in [2.75, 3.05) is 39.5 Å². The second-order valence-corrected chi connectivity index (χ2v) is 15.7. The molecule has 2 aromatic carbocycles. The monoisotopic (exact) mass is 747 g/mol. The molecule has 0 aromatic heterocycles. The lowest BCUT2D eigenvalue weighted by molar-refractivity contribution is -0.135. The molecule has 4 rings (SSSR count). The molecule has 12 heteroatoms. The molecule has 296 valence electrons. The average Bonchev–Trinajstić information content (AvgIpc) is 3.91. The highest BCUT2D eigenvalue weighted by molar-refractivity contribution is 5.98. The van der Waals surface area contributed by atoms with E-state index in [0.29, 0.717) is 51.9 Å². The number of morpholine rings is 1. The summed E-state index contributed by atoms with van der Waals surface area (Å²) in [5, 5.41) is 11.7. The molecular formula is C42H61N5O7. The van der Waals surface area contributed by atoms with Crippen molar-refractivity contribution in [1.82, 2.24) is 26.2 Å². The van der Waals surface area contributed by atoms with Crippen LogP contribution in [-0.4, -0.2) is 104 Å². The Balaban J connectivity index is 1.48. The first-order valence-electron chi connectivity index (χ1n) is 19.6. The van der Waals surface area contributed by atoms with Crippen molar-refractivity contribution >= 4 is 29.4 Å². The molecule has 0 saturated carbocycles. The zero-order chi connectivity index (χ0) is 39.1. The Hall–Kier alpha value is -4.13. The van der Waals surface area contributed by atoms with E-state index in [9.17, 15) is 24.0 Å². The van der Waals surface area contributed by atoms with Gasteiger partial charge in [-0.15, -0.1) is 0 Å². The molecule has 2 heterocycles. The summed E-state index contributed by atoms with van der Waals surface area (Å²) in [7, 11) is 0. The lowest BCUT2D eigenvalue weighted by atomic mass is 9.93.